The number of ketones is 1. The predicted octanol–water partition coefficient (Wildman–Crippen LogP) is 8.00. The Morgan fingerprint density at radius 1 is 0.878 bits per heavy atom. The first-order valence-corrected chi connectivity index (χ1v) is 17.0. The highest BCUT2D eigenvalue weighted by atomic mass is 16.6. The molecular formula is C36H57NO4. The van der Waals surface area contributed by atoms with E-state index in [2.05, 4.69) is 60.7 Å². The molecule has 6 rings (SSSR count). The highest BCUT2D eigenvalue weighted by Crippen LogP contribution is 2.76. The van der Waals surface area contributed by atoms with Crippen molar-refractivity contribution in [3.8, 4) is 0 Å². The first-order valence-electron chi connectivity index (χ1n) is 17.0. The lowest BCUT2D eigenvalue weighted by atomic mass is 9.33. The van der Waals surface area contributed by atoms with Crippen molar-refractivity contribution in [2.24, 2.45) is 50.7 Å². The third-order valence-corrected chi connectivity index (χ3v) is 14.8. The molecule has 5 heteroatoms. The van der Waals surface area contributed by atoms with Crippen LogP contribution >= 0.6 is 0 Å². The molecular weight excluding hydrogens is 510 g/mol. The molecule has 0 aromatic carbocycles. The van der Waals surface area contributed by atoms with Gasteiger partial charge in [-0.25, -0.2) is 4.79 Å². The molecule has 5 saturated carbocycles. The lowest BCUT2D eigenvalue weighted by Crippen LogP contribution is -2.66. The number of ether oxygens (including phenoxy) is 1. The Kier molecular flexibility index (Phi) is 6.93. The second kappa shape index (κ2) is 9.57. The molecule has 0 spiro atoms. The minimum atomic E-state index is -0.525. The zero-order valence-electron chi connectivity index (χ0n) is 27.2. The quantitative estimate of drug-likeness (QED) is 0.362. The minimum absolute atomic E-state index is 0.0320. The molecule has 230 valence electrons. The van der Waals surface area contributed by atoms with Crippen LogP contribution in [0.1, 0.15) is 132 Å². The molecule has 2 N–H and O–H groups in total. The fourth-order valence-electron chi connectivity index (χ4n) is 12.5. The molecule has 0 bridgehead atoms. The van der Waals surface area contributed by atoms with Crippen molar-refractivity contribution in [2.75, 3.05) is 0 Å². The van der Waals surface area contributed by atoms with Crippen LogP contribution < -0.4 is 5.32 Å². The molecule has 0 heterocycles. The van der Waals surface area contributed by atoms with Gasteiger partial charge in [0.1, 0.15) is 6.10 Å². The molecule has 10 atom stereocenters. The van der Waals surface area contributed by atoms with Gasteiger partial charge in [-0.2, -0.15) is 0 Å². The van der Waals surface area contributed by atoms with Gasteiger partial charge in [0.05, 0.1) is 6.10 Å². The van der Waals surface area contributed by atoms with Gasteiger partial charge in [0.25, 0.3) is 0 Å². The third-order valence-electron chi connectivity index (χ3n) is 14.8. The van der Waals surface area contributed by atoms with E-state index in [4.69, 9.17) is 4.74 Å². The van der Waals surface area contributed by atoms with Gasteiger partial charge in [0.15, 0.2) is 5.78 Å². The summed E-state index contributed by atoms with van der Waals surface area (Å²) in [5, 5.41) is 13.4. The van der Waals surface area contributed by atoms with Crippen molar-refractivity contribution in [2.45, 2.75) is 151 Å². The van der Waals surface area contributed by atoms with Gasteiger partial charge in [-0.1, -0.05) is 61.0 Å². The Morgan fingerprint density at radius 3 is 2.27 bits per heavy atom. The molecule has 3 unspecified atom stereocenters. The third kappa shape index (κ3) is 4.09. The van der Waals surface area contributed by atoms with E-state index in [1.807, 2.05) is 0 Å². The Labute approximate surface area is 249 Å². The van der Waals surface area contributed by atoms with Gasteiger partial charge in [0.2, 0.25) is 0 Å². The van der Waals surface area contributed by atoms with Crippen molar-refractivity contribution in [3.05, 3.63) is 11.1 Å². The maximum Gasteiger partial charge on any atom is 0.407 e. The zero-order chi connectivity index (χ0) is 29.8. The van der Waals surface area contributed by atoms with Gasteiger partial charge in [0, 0.05) is 12.5 Å². The van der Waals surface area contributed by atoms with Gasteiger partial charge < -0.3 is 15.2 Å². The summed E-state index contributed by atoms with van der Waals surface area (Å²) in [5.41, 5.74) is 3.49. The Hall–Kier alpha value is -1.36. The number of amides is 1. The normalized spacial score (nSPS) is 48.8. The van der Waals surface area contributed by atoms with Gasteiger partial charge in [-0.05, 0) is 127 Å². The van der Waals surface area contributed by atoms with E-state index in [0.29, 0.717) is 29.5 Å². The standard InChI is InChI=1S/C36H57NO4/c1-21(2)29-24(39)20-33(5)18-19-35(7)22(30(29)33)12-13-27-34(6)16-15-28(32(3,4)26(34)14-17-36(27,35)8)37-31(40)41-25-11-9-10-23(25)38/h21-23,25-28,38H,9-20H2,1-8H3,(H,37,40)/t22-,23?,25?,26+,27-,28?,33+,34+,35-,36-/m1/s1. The van der Waals surface area contributed by atoms with Crippen molar-refractivity contribution in [3.63, 3.8) is 0 Å². The Morgan fingerprint density at radius 2 is 1.61 bits per heavy atom. The minimum Gasteiger partial charge on any atom is -0.443 e. The summed E-state index contributed by atoms with van der Waals surface area (Å²) in [5.74, 6) is 2.46. The number of carbonyl (C=O) groups is 2. The van der Waals surface area contributed by atoms with Crippen molar-refractivity contribution < 1.29 is 19.4 Å². The molecule has 0 radical (unpaired) electrons. The number of nitrogens with one attached hydrogen (secondary N) is 1. The fourth-order valence-corrected chi connectivity index (χ4v) is 12.5. The number of hydrogen-bond acceptors (Lipinski definition) is 4. The van der Waals surface area contributed by atoms with Crippen LogP contribution in [-0.4, -0.2) is 35.2 Å². The van der Waals surface area contributed by atoms with Crippen LogP contribution in [0, 0.1) is 50.7 Å². The predicted molar refractivity (Wildman–Crippen MR) is 162 cm³/mol. The first kappa shape index (κ1) is 29.7. The van der Waals surface area contributed by atoms with E-state index in [1.54, 1.807) is 5.57 Å². The Balaban J connectivity index is 1.26. The molecule has 1 amide bonds. The smallest absolute Gasteiger partial charge is 0.407 e. The van der Waals surface area contributed by atoms with E-state index in [0.717, 1.165) is 44.9 Å². The summed E-state index contributed by atoms with van der Waals surface area (Å²) in [6.07, 6.45) is 11.3. The topological polar surface area (TPSA) is 75.6 Å². The van der Waals surface area contributed by atoms with Crippen LogP contribution in [0.15, 0.2) is 11.1 Å². The van der Waals surface area contributed by atoms with Crippen LogP contribution in [0.5, 0.6) is 0 Å². The van der Waals surface area contributed by atoms with E-state index in [9.17, 15) is 14.7 Å². The molecule has 5 nitrogen and oxygen atoms in total. The number of hydrogen-bond donors (Lipinski definition) is 2. The van der Waals surface area contributed by atoms with Crippen LogP contribution in [0.4, 0.5) is 4.79 Å². The van der Waals surface area contributed by atoms with Gasteiger partial charge in [-0.3, -0.25) is 4.79 Å². The number of fused-ring (bicyclic) bond motifs is 7. The second-order valence-corrected chi connectivity index (χ2v) is 17.3. The number of aliphatic hydroxyl groups is 1. The van der Waals surface area contributed by atoms with Gasteiger partial charge in [-0.15, -0.1) is 0 Å². The molecule has 6 aliphatic rings. The number of carbonyl (C=O) groups excluding carboxylic acids is 2. The number of allylic oxidation sites excluding steroid dienone is 2. The summed E-state index contributed by atoms with van der Waals surface area (Å²) in [4.78, 5) is 26.3. The molecule has 0 aliphatic heterocycles. The van der Waals surface area contributed by atoms with Crippen LogP contribution in [0.25, 0.3) is 0 Å². The van der Waals surface area contributed by atoms with E-state index in [1.165, 1.54) is 37.7 Å². The van der Waals surface area contributed by atoms with Crippen molar-refractivity contribution in [1.29, 1.82) is 0 Å². The van der Waals surface area contributed by atoms with E-state index in [-0.39, 0.29) is 45.3 Å². The SMILES string of the molecule is CC(C)C1=C2[C@H]3CC[C@@H]4[C@@]5(C)CCC(NC(=O)OC6CCCC6O)C(C)(C)[C@@H]5CC[C@@]4(C)[C@]3(C)CC[C@@]2(C)CC1=O. The largest absolute Gasteiger partial charge is 0.443 e. The highest BCUT2D eigenvalue weighted by Gasteiger charge is 2.69. The number of alkyl carbamates (subject to hydrolysis) is 1. The fraction of sp³-hybridized carbons (Fsp3) is 0.889. The van der Waals surface area contributed by atoms with Crippen LogP contribution in [0.3, 0.4) is 0 Å². The molecule has 0 saturated heterocycles. The average molecular weight is 568 g/mol. The molecule has 0 aromatic rings. The zero-order valence-corrected chi connectivity index (χ0v) is 27.2. The average Bonchev–Trinajstić information content (AvgIpc) is 3.40. The molecule has 6 aliphatic carbocycles. The summed E-state index contributed by atoms with van der Waals surface area (Å²) >= 11 is 0. The number of aliphatic hydroxyl groups excluding tert-OH is 1. The molecule has 0 aromatic heterocycles. The van der Waals surface area contributed by atoms with Crippen LogP contribution in [0.2, 0.25) is 0 Å². The Bertz CT molecular complexity index is 1140. The number of rotatable bonds is 3. The molecule has 5 fully saturated rings. The maximum absolute atomic E-state index is 13.3. The van der Waals surface area contributed by atoms with Gasteiger partial charge >= 0.3 is 6.09 Å². The monoisotopic (exact) mass is 567 g/mol. The lowest BCUT2D eigenvalue weighted by molar-refractivity contribution is -0.215. The van der Waals surface area contributed by atoms with Crippen LogP contribution in [-0.2, 0) is 9.53 Å². The second-order valence-electron chi connectivity index (χ2n) is 17.3. The lowest BCUT2D eigenvalue weighted by Gasteiger charge is -2.72. The highest BCUT2D eigenvalue weighted by molar-refractivity contribution is 6.00. The summed E-state index contributed by atoms with van der Waals surface area (Å²) in [6, 6.07) is 0.0848. The summed E-state index contributed by atoms with van der Waals surface area (Å²) < 4.78 is 5.70. The van der Waals surface area contributed by atoms with E-state index >= 15 is 0 Å². The molecule has 41 heavy (non-hydrogen) atoms. The van der Waals surface area contributed by atoms with E-state index < -0.39 is 6.10 Å². The van der Waals surface area contributed by atoms with Crippen molar-refractivity contribution in [1.82, 2.24) is 5.32 Å². The van der Waals surface area contributed by atoms with Crippen molar-refractivity contribution >= 4 is 11.9 Å². The summed E-state index contributed by atoms with van der Waals surface area (Å²) in [7, 11) is 0. The first-order chi connectivity index (χ1) is 19.1. The summed E-state index contributed by atoms with van der Waals surface area (Å²) in [6.45, 7) is 19.5. The number of Topliss-reactive ketones (excluding diaryl/α,β-unsaturated/α-hetero) is 1. The maximum atomic E-state index is 13.3.